The summed E-state index contributed by atoms with van der Waals surface area (Å²) in [6, 6.07) is 4.20. The van der Waals surface area contributed by atoms with Gasteiger partial charge in [0.1, 0.15) is 5.75 Å². The number of Topliss-reactive ketones (excluding diaryl/α,β-unsaturated/α-hetero) is 1. The summed E-state index contributed by atoms with van der Waals surface area (Å²) in [6.07, 6.45) is 0. The Morgan fingerprint density at radius 1 is 1.17 bits per heavy atom. The lowest BCUT2D eigenvalue weighted by molar-refractivity contribution is 0.0996. The van der Waals surface area contributed by atoms with Crippen molar-refractivity contribution in [3.8, 4) is 5.75 Å². The van der Waals surface area contributed by atoms with Gasteiger partial charge in [0.2, 0.25) is 4.71 Å². The van der Waals surface area contributed by atoms with Gasteiger partial charge in [0.25, 0.3) is 0 Å². The molecule has 18 heavy (non-hydrogen) atoms. The van der Waals surface area contributed by atoms with Crippen LogP contribution >= 0.6 is 21.8 Å². The Bertz CT molecular complexity index is 469. The van der Waals surface area contributed by atoms with E-state index in [-0.39, 0.29) is 5.75 Å². The Balaban J connectivity index is 3.09. The highest BCUT2D eigenvalue weighted by atomic mass is 35.5. The predicted octanol–water partition coefficient (Wildman–Crippen LogP) is 4.74. The van der Waals surface area contributed by atoms with Crippen LogP contribution in [0.5, 0.6) is 5.75 Å². The zero-order valence-electron chi connectivity index (χ0n) is 8.88. The maximum Gasteiger partial charge on any atom is 0.307 e. The van der Waals surface area contributed by atoms with E-state index in [1.165, 1.54) is 19.2 Å². The summed E-state index contributed by atoms with van der Waals surface area (Å²) in [4.78, 5) is 11.3. The molecule has 0 radical (unpaired) electrons. The molecule has 0 aliphatic carbocycles. The van der Waals surface area contributed by atoms with Gasteiger partial charge in [-0.1, -0.05) is 31.0 Å². The summed E-state index contributed by atoms with van der Waals surface area (Å²) in [5.74, 6) is -1.62. The highest BCUT2D eigenvalue weighted by Crippen LogP contribution is 3.01. The van der Waals surface area contributed by atoms with E-state index in [0.717, 1.165) is 12.1 Å². The molecule has 104 valence electrons. The molecule has 9 heteroatoms. The molecule has 0 saturated heterocycles. The number of alkyl halides is 1. The molecule has 1 atom stereocenters. The first-order valence-electron chi connectivity index (χ1n) is 4.40. The monoisotopic (exact) mass is 310 g/mol. The molecular formula is C9H8ClF5O2S. The molecule has 1 unspecified atom stereocenters. The van der Waals surface area contributed by atoms with Crippen LogP contribution in [0.3, 0.4) is 0 Å². The molecule has 0 fully saturated rings. The number of benzene rings is 1. The first kappa shape index (κ1) is 15.0. The second-order valence-corrected chi connectivity index (χ2v) is 6.66. The molecule has 1 aromatic rings. The number of ether oxygens (including phenoxy) is 1. The lowest BCUT2D eigenvalue weighted by Gasteiger charge is -2.43. The Morgan fingerprint density at radius 2 is 1.61 bits per heavy atom. The second-order valence-electron chi connectivity index (χ2n) is 3.44. The molecule has 1 rings (SSSR count). The fraction of sp³-hybridized carbons (Fsp3) is 0.222. The fourth-order valence-corrected chi connectivity index (χ4v) is 1.76. The van der Waals surface area contributed by atoms with Crippen molar-refractivity contribution in [2.24, 2.45) is 0 Å². The van der Waals surface area contributed by atoms with E-state index in [4.69, 9.17) is 4.74 Å². The average molecular weight is 311 g/mol. The average Bonchev–Trinajstić information content (AvgIpc) is 2.24. The van der Waals surface area contributed by atoms with Gasteiger partial charge >= 0.3 is 10.2 Å². The van der Waals surface area contributed by atoms with Crippen molar-refractivity contribution < 1.29 is 29.0 Å². The van der Waals surface area contributed by atoms with Gasteiger partial charge in [-0.2, -0.15) is 0 Å². The number of hydrogen-bond donors (Lipinski definition) is 0. The van der Waals surface area contributed by atoms with Crippen molar-refractivity contribution in [3.63, 3.8) is 0 Å². The van der Waals surface area contributed by atoms with Gasteiger partial charge < -0.3 is 4.74 Å². The normalized spacial score (nSPS) is 17.5. The van der Waals surface area contributed by atoms with E-state index in [0.29, 0.717) is 0 Å². The largest absolute Gasteiger partial charge is 0.497 e. The number of rotatable bonds is 4. The molecule has 0 heterocycles. The van der Waals surface area contributed by atoms with Crippen LogP contribution in [0.15, 0.2) is 24.3 Å². The highest BCUT2D eigenvalue weighted by Gasteiger charge is 2.72. The third-order valence-electron chi connectivity index (χ3n) is 1.97. The molecule has 1 aromatic carbocycles. The number of carbonyl (C=O) groups excluding carboxylic acids is 1. The molecule has 0 aliphatic heterocycles. The quantitative estimate of drug-likeness (QED) is 0.456. The van der Waals surface area contributed by atoms with Crippen LogP contribution in [0.2, 0.25) is 0 Å². The zero-order valence-corrected chi connectivity index (χ0v) is 10.5. The summed E-state index contributed by atoms with van der Waals surface area (Å²) >= 11 is 4.59. The van der Waals surface area contributed by atoms with Crippen LogP contribution in [-0.2, 0) is 0 Å². The number of ketones is 1. The highest BCUT2D eigenvalue weighted by molar-refractivity contribution is 8.47. The molecule has 0 N–H and O–H groups in total. The fourth-order valence-electron chi connectivity index (χ4n) is 1.09. The van der Waals surface area contributed by atoms with Gasteiger partial charge in [0, 0.05) is 5.56 Å². The van der Waals surface area contributed by atoms with Crippen molar-refractivity contribution in [3.05, 3.63) is 29.8 Å². The van der Waals surface area contributed by atoms with Crippen LogP contribution in [0.25, 0.3) is 0 Å². The SMILES string of the molecule is COc1ccc(C(=O)C(Cl)S(F)(F)(F)(F)F)cc1. The Kier molecular flexibility index (Phi) is 3.12. The standard InChI is InChI=1S/C9H8ClF5O2S/c1-17-7-4-2-6(3-5-7)8(16)9(10)18(11,12,13,14)15/h2-5,9H,1H3. The molecule has 2 nitrogen and oxygen atoms in total. The molecule has 0 aliphatic rings. The number of halogens is 6. The summed E-state index contributed by atoms with van der Waals surface area (Å²) in [5.41, 5.74) is -0.566. The van der Waals surface area contributed by atoms with E-state index in [2.05, 4.69) is 11.6 Å². The van der Waals surface area contributed by atoms with Gasteiger partial charge in [-0.15, -0.1) is 0 Å². The van der Waals surface area contributed by atoms with E-state index >= 15 is 0 Å². The maximum atomic E-state index is 12.3. The Morgan fingerprint density at radius 3 is 1.94 bits per heavy atom. The van der Waals surface area contributed by atoms with Crippen molar-refractivity contribution in [1.82, 2.24) is 0 Å². The number of hydrogen-bond acceptors (Lipinski definition) is 2. The Labute approximate surface area is 104 Å². The predicted molar refractivity (Wildman–Crippen MR) is 60.1 cm³/mol. The molecular weight excluding hydrogens is 303 g/mol. The van der Waals surface area contributed by atoms with Gasteiger partial charge in [0.15, 0.2) is 5.78 Å². The van der Waals surface area contributed by atoms with E-state index in [1.807, 2.05) is 0 Å². The Hall–Kier alpha value is -1.02. The smallest absolute Gasteiger partial charge is 0.307 e. The third-order valence-corrected chi connectivity index (χ3v) is 4.18. The number of carbonyl (C=O) groups is 1. The van der Waals surface area contributed by atoms with Gasteiger partial charge in [-0.05, 0) is 24.3 Å². The first-order valence-corrected chi connectivity index (χ1v) is 6.85. The minimum atomic E-state index is -10.0. The minimum Gasteiger partial charge on any atom is -0.497 e. The minimum absolute atomic E-state index is 0.269. The summed E-state index contributed by atoms with van der Waals surface area (Å²) in [5, 5.41) is 0. The van der Waals surface area contributed by atoms with Gasteiger partial charge in [-0.25, -0.2) is 0 Å². The van der Waals surface area contributed by atoms with Crippen LogP contribution in [0.4, 0.5) is 19.4 Å². The van der Waals surface area contributed by atoms with Gasteiger partial charge in [-0.3, -0.25) is 4.79 Å². The topological polar surface area (TPSA) is 26.3 Å². The van der Waals surface area contributed by atoms with E-state index in [1.54, 1.807) is 0 Å². The van der Waals surface area contributed by atoms with Crippen molar-refractivity contribution in [2.75, 3.05) is 7.11 Å². The maximum absolute atomic E-state index is 12.3. The van der Waals surface area contributed by atoms with Crippen LogP contribution in [-0.4, -0.2) is 17.6 Å². The van der Waals surface area contributed by atoms with Crippen molar-refractivity contribution in [2.45, 2.75) is 4.71 Å². The molecule has 0 bridgehead atoms. The zero-order chi connectivity index (χ0) is 14.3. The van der Waals surface area contributed by atoms with E-state index in [9.17, 15) is 24.2 Å². The van der Waals surface area contributed by atoms with Crippen LogP contribution < -0.4 is 4.74 Å². The van der Waals surface area contributed by atoms with Crippen molar-refractivity contribution in [1.29, 1.82) is 0 Å². The molecule has 0 saturated carbocycles. The summed E-state index contributed by atoms with van der Waals surface area (Å²) < 4.78 is 62.4. The summed E-state index contributed by atoms with van der Waals surface area (Å²) in [7, 11) is -8.75. The summed E-state index contributed by atoms with van der Waals surface area (Å²) in [6.45, 7) is 0. The van der Waals surface area contributed by atoms with E-state index < -0.39 is 26.3 Å². The number of methoxy groups -OCH3 is 1. The van der Waals surface area contributed by atoms with Crippen molar-refractivity contribution >= 4 is 27.6 Å². The lowest BCUT2D eigenvalue weighted by atomic mass is 10.1. The molecule has 0 aromatic heterocycles. The molecule has 0 amide bonds. The molecule has 0 spiro atoms. The van der Waals surface area contributed by atoms with Crippen LogP contribution in [0.1, 0.15) is 10.4 Å². The third kappa shape index (κ3) is 3.49. The second kappa shape index (κ2) is 3.74. The first-order chi connectivity index (χ1) is 7.85. The van der Waals surface area contributed by atoms with Gasteiger partial charge in [0.05, 0.1) is 7.11 Å². The lowest BCUT2D eigenvalue weighted by Crippen LogP contribution is -2.28. The van der Waals surface area contributed by atoms with Crippen LogP contribution in [0, 0.1) is 0 Å².